The number of methoxy groups -OCH3 is 1. The molecule has 0 saturated carbocycles. The van der Waals surface area contributed by atoms with E-state index in [1.165, 1.54) is 13.2 Å². The summed E-state index contributed by atoms with van der Waals surface area (Å²) in [6, 6.07) is 6.19. The largest absolute Gasteiger partial charge is 0.484 e. The summed E-state index contributed by atoms with van der Waals surface area (Å²) in [6.07, 6.45) is -0.258. The molecule has 0 spiro atoms. The van der Waals surface area contributed by atoms with Crippen LogP contribution in [0, 0.1) is 17.0 Å². The van der Waals surface area contributed by atoms with Crippen LogP contribution >= 0.6 is 0 Å². The maximum absolute atomic E-state index is 13.8. The number of rotatable bonds is 9. The molecule has 0 radical (unpaired) electrons. The molecule has 1 atom stereocenters. The summed E-state index contributed by atoms with van der Waals surface area (Å²) < 4.78 is 32.6. The summed E-state index contributed by atoms with van der Waals surface area (Å²) in [6.45, 7) is -0.568. The van der Waals surface area contributed by atoms with Crippen molar-refractivity contribution in [3.05, 3.63) is 53.5 Å². The van der Waals surface area contributed by atoms with Crippen LogP contribution in [-0.4, -0.2) is 58.2 Å². The Morgan fingerprint density at radius 1 is 1.32 bits per heavy atom. The summed E-state index contributed by atoms with van der Waals surface area (Å²) >= 11 is 0. The zero-order valence-electron chi connectivity index (χ0n) is 15.2. The van der Waals surface area contributed by atoms with Gasteiger partial charge in [0.25, 0.3) is 0 Å². The van der Waals surface area contributed by atoms with E-state index in [1.54, 1.807) is 18.2 Å². The van der Waals surface area contributed by atoms with Gasteiger partial charge in [0.05, 0.1) is 44.7 Å². The smallest absolute Gasteiger partial charge is 0.189 e. The lowest BCUT2D eigenvalue weighted by Crippen LogP contribution is -2.24. The van der Waals surface area contributed by atoms with Crippen molar-refractivity contribution in [2.24, 2.45) is 4.99 Å². The fourth-order valence-electron chi connectivity index (χ4n) is 2.14. The predicted molar refractivity (Wildman–Crippen MR) is 99.6 cm³/mol. The van der Waals surface area contributed by atoms with Gasteiger partial charge in [0.15, 0.2) is 23.4 Å². The highest BCUT2D eigenvalue weighted by molar-refractivity contribution is 6.06. The van der Waals surface area contributed by atoms with Crippen LogP contribution in [0.3, 0.4) is 0 Å². The van der Waals surface area contributed by atoms with Crippen LogP contribution in [-0.2, 0) is 11.3 Å². The number of aliphatic hydroxyl groups is 2. The number of benzene rings is 1. The van der Waals surface area contributed by atoms with Crippen molar-refractivity contribution >= 4 is 17.4 Å². The highest BCUT2D eigenvalue weighted by atomic mass is 19.1. The molecule has 4 N–H and O–H groups in total. The van der Waals surface area contributed by atoms with Gasteiger partial charge < -0.3 is 25.7 Å². The molecule has 1 aromatic carbocycles. The average Bonchev–Trinajstić information content (AvgIpc) is 2.70. The second-order valence-electron chi connectivity index (χ2n) is 5.77. The van der Waals surface area contributed by atoms with Crippen molar-refractivity contribution in [3.8, 4) is 0 Å². The summed E-state index contributed by atoms with van der Waals surface area (Å²) in [4.78, 5) is 11.8. The first kappa shape index (κ1) is 21.3. The number of aliphatic imine (C=N–C) groups is 1. The summed E-state index contributed by atoms with van der Waals surface area (Å²) in [7, 11) is 1.38. The van der Waals surface area contributed by atoms with Gasteiger partial charge in [-0.15, -0.1) is 0 Å². The van der Waals surface area contributed by atoms with E-state index in [4.69, 9.17) is 15.3 Å². The lowest BCUT2D eigenvalue weighted by molar-refractivity contribution is 0.105. The predicted octanol–water partition coefficient (Wildman–Crippen LogP) is 1.52. The lowest BCUT2D eigenvalue weighted by Gasteiger charge is -2.11. The van der Waals surface area contributed by atoms with Gasteiger partial charge in [0.1, 0.15) is 5.82 Å². The molecule has 0 amide bonds. The van der Waals surface area contributed by atoms with Crippen molar-refractivity contribution in [2.75, 3.05) is 25.6 Å². The molecule has 1 aromatic heterocycles. The second-order valence-corrected chi connectivity index (χ2v) is 5.77. The van der Waals surface area contributed by atoms with Crippen molar-refractivity contribution in [1.29, 1.82) is 5.41 Å². The van der Waals surface area contributed by atoms with E-state index in [0.29, 0.717) is 5.56 Å². The van der Waals surface area contributed by atoms with Crippen molar-refractivity contribution < 1.29 is 23.7 Å². The molecular weight excluding hydrogens is 372 g/mol. The van der Waals surface area contributed by atoms with Crippen LogP contribution in [0.25, 0.3) is 0 Å². The molecule has 0 aliphatic heterocycles. The Labute approximate surface area is 160 Å². The van der Waals surface area contributed by atoms with Gasteiger partial charge in [-0.05, 0) is 6.07 Å². The minimum atomic E-state index is -1.08. The summed E-state index contributed by atoms with van der Waals surface area (Å²) in [5, 5.41) is 28.8. The van der Waals surface area contributed by atoms with Gasteiger partial charge in [-0.3, -0.25) is 4.99 Å². The van der Waals surface area contributed by atoms with E-state index in [2.05, 4.69) is 20.3 Å². The highest BCUT2D eigenvalue weighted by Crippen LogP contribution is 2.12. The van der Waals surface area contributed by atoms with Crippen molar-refractivity contribution in [1.82, 2.24) is 9.97 Å². The fraction of sp³-hybridized carbons (Fsp3) is 0.333. The number of aliphatic hydroxyl groups excluding tert-OH is 2. The number of hydrogen-bond acceptors (Lipinski definition) is 8. The molecule has 28 heavy (non-hydrogen) atoms. The van der Waals surface area contributed by atoms with Gasteiger partial charge in [0.2, 0.25) is 0 Å². The monoisotopic (exact) mass is 393 g/mol. The van der Waals surface area contributed by atoms with Crippen LogP contribution in [0.1, 0.15) is 17.8 Å². The number of nitrogens with zero attached hydrogens (tertiary/aromatic N) is 3. The minimum Gasteiger partial charge on any atom is -0.484 e. The third kappa shape index (κ3) is 6.03. The summed E-state index contributed by atoms with van der Waals surface area (Å²) in [5.41, 5.74) is 0.301. The summed E-state index contributed by atoms with van der Waals surface area (Å²) in [5.74, 6) is -1.24. The van der Waals surface area contributed by atoms with Crippen LogP contribution in [0.5, 0.6) is 0 Å². The Hall–Kier alpha value is -2.98. The molecule has 2 rings (SSSR count). The van der Waals surface area contributed by atoms with Crippen LogP contribution in [0.4, 0.5) is 14.6 Å². The standard InChI is InChI=1S/C18H21F2N5O3/c1-28-16(22-7-11-4-2-3-5-13(11)19)6-15(21)18-24-9-14(20)17(25-18)23-8-12(27)10-26/h2-5,9,12,21,26-27H,6-8,10H2,1H3,(H,23,24,25). The Kier molecular flexibility index (Phi) is 7.90. The quantitative estimate of drug-likeness (QED) is 0.378. The van der Waals surface area contributed by atoms with Gasteiger partial charge >= 0.3 is 0 Å². The molecule has 2 aromatic rings. The van der Waals surface area contributed by atoms with Gasteiger partial charge in [0, 0.05) is 12.1 Å². The maximum Gasteiger partial charge on any atom is 0.189 e. The van der Waals surface area contributed by atoms with Crippen LogP contribution < -0.4 is 5.32 Å². The molecule has 0 saturated heterocycles. The molecule has 0 fully saturated rings. The second kappa shape index (κ2) is 10.4. The SMILES string of the molecule is COC(CC(=N)c1ncc(F)c(NCC(O)CO)n1)=NCc1ccccc1F. The van der Waals surface area contributed by atoms with Gasteiger partial charge in [-0.1, -0.05) is 18.2 Å². The van der Waals surface area contributed by atoms with E-state index in [9.17, 15) is 13.9 Å². The Morgan fingerprint density at radius 3 is 2.75 bits per heavy atom. The van der Waals surface area contributed by atoms with Crippen molar-refractivity contribution in [2.45, 2.75) is 19.1 Å². The number of halogens is 2. The maximum atomic E-state index is 13.8. The number of anilines is 1. The Morgan fingerprint density at radius 2 is 2.07 bits per heavy atom. The highest BCUT2D eigenvalue weighted by Gasteiger charge is 2.14. The third-order valence-corrected chi connectivity index (χ3v) is 3.68. The number of ether oxygens (including phenoxy) is 1. The molecule has 10 heteroatoms. The van der Waals surface area contributed by atoms with E-state index in [0.717, 1.165) is 6.20 Å². The topological polar surface area (TPSA) is 124 Å². The van der Waals surface area contributed by atoms with Crippen LogP contribution in [0.15, 0.2) is 35.5 Å². The molecule has 8 nitrogen and oxygen atoms in total. The normalized spacial score (nSPS) is 12.5. The molecule has 0 aliphatic carbocycles. The van der Waals surface area contributed by atoms with Crippen LogP contribution in [0.2, 0.25) is 0 Å². The number of aromatic nitrogens is 2. The van der Waals surface area contributed by atoms with E-state index in [-0.39, 0.29) is 48.6 Å². The van der Waals surface area contributed by atoms with Gasteiger partial charge in [-0.2, -0.15) is 0 Å². The zero-order chi connectivity index (χ0) is 20.5. The molecule has 0 bridgehead atoms. The third-order valence-electron chi connectivity index (χ3n) is 3.68. The minimum absolute atomic E-state index is 0.0409. The molecule has 150 valence electrons. The number of hydrogen-bond donors (Lipinski definition) is 4. The number of nitrogens with one attached hydrogen (secondary N) is 2. The van der Waals surface area contributed by atoms with E-state index < -0.39 is 18.5 Å². The van der Waals surface area contributed by atoms with E-state index in [1.807, 2.05) is 0 Å². The lowest BCUT2D eigenvalue weighted by atomic mass is 10.2. The first-order valence-corrected chi connectivity index (χ1v) is 8.38. The first-order valence-electron chi connectivity index (χ1n) is 8.38. The molecular formula is C18H21F2N5O3. The average molecular weight is 393 g/mol. The Bertz CT molecular complexity index is 848. The van der Waals surface area contributed by atoms with E-state index >= 15 is 0 Å². The fourth-order valence-corrected chi connectivity index (χ4v) is 2.14. The first-order chi connectivity index (χ1) is 13.4. The Balaban J connectivity index is 2.07. The molecule has 0 aliphatic rings. The molecule has 1 heterocycles. The molecule has 1 unspecified atom stereocenters. The zero-order valence-corrected chi connectivity index (χ0v) is 15.2. The van der Waals surface area contributed by atoms with Crippen molar-refractivity contribution in [3.63, 3.8) is 0 Å². The van der Waals surface area contributed by atoms with Gasteiger partial charge in [-0.25, -0.2) is 18.7 Å².